The lowest BCUT2D eigenvalue weighted by Crippen LogP contribution is -2.29. The molecule has 0 rings (SSSR count). The third-order valence-corrected chi connectivity index (χ3v) is 5.73. The fourth-order valence-corrected chi connectivity index (χ4v) is 3.60. The van der Waals surface area contributed by atoms with Crippen LogP contribution in [-0.4, -0.2) is 65.7 Å². The monoisotopic (exact) mass is 548 g/mol. The Bertz CT molecular complexity index is 735. The maximum Gasteiger partial charge on any atom is 0.472 e. The van der Waals surface area contributed by atoms with Gasteiger partial charge in [0.05, 0.1) is 19.8 Å². The van der Waals surface area contributed by atoms with Crippen molar-refractivity contribution in [2.24, 2.45) is 0 Å². The van der Waals surface area contributed by atoms with Crippen LogP contribution < -0.4 is 0 Å². The normalized spacial score (nSPS) is 15.3. The Morgan fingerprint density at radius 1 is 0.838 bits per heavy atom. The molecule has 0 aromatic carbocycles. The molecule has 0 aliphatic carbocycles. The molecule has 0 saturated carbocycles. The van der Waals surface area contributed by atoms with Gasteiger partial charge >= 0.3 is 19.8 Å². The molecule has 0 fully saturated rings. The summed E-state index contributed by atoms with van der Waals surface area (Å²) in [4.78, 5) is 33.6. The molecule has 0 aliphatic rings. The molecule has 0 radical (unpaired) electrons. The van der Waals surface area contributed by atoms with Gasteiger partial charge in [0, 0.05) is 12.8 Å². The summed E-state index contributed by atoms with van der Waals surface area (Å²) in [6, 6.07) is 0. The van der Waals surface area contributed by atoms with Crippen molar-refractivity contribution in [1.29, 1.82) is 0 Å². The number of carbonyl (C=O) groups is 2. The molecule has 0 aromatic rings. The smallest absolute Gasteiger partial charge is 0.462 e. The number of aliphatic hydroxyl groups is 2. The van der Waals surface area contributed by atoms with E-state index < -0.39 is 51.8 Å². The first-order valence-electron chi connectivity index (χ1n) is 12.9. The summed E-state index contributed by atoms with van der Waals surface area (Å²) < 4.78 is 31.7. The number of phosphoric ester groups is 1. The number of hydrogen-bond donors (Lipinski definition) is 3. The Labute approximate surface area is 221 Å². The number of rotatable bonds is 23. The number of unbranched alkanes of at least 4 members (excludes halogenated alkanes) is 3. The standard InChI is InChI=1S/C26H45O10P/c1-3-5-6-7-8-9-10-11-12-13-14-15-16-18-26(30)36-24(21-33-25(29)17-4-2)22-35-37(31,32)34-20-23(28)19-27/h5-6,8-9,11-12,23-24,27-28H,3-4,7,10,13-22H2,1-2H3,(H,31,32)/b6-5-,9-8-,12-11-. The Balaban J connectivity index is 4.37. The van der Waals surface area contributed by atoms with Gasteiger partial charge in [-0.1, -0.05) is 56.7 Å². The SMILES string of the molecule is CC/C=C\C/C=C\C/C=C\CCCCCC(=O)OC(COC(=O)CCC)COP(=O)(O)OCC(O)CO. The lowest BCUT2D eigenvalue weighted by molar-refractivity contribution is -0.161. The minimum atomic E-state index is -4.58. The van der Waals surface area contributed by atoms with Gasteiger partial charge in [-0.3, -0.25) is 18.6 Å². The van der Waals surface area contributed by atoms with Crippen molar-refractivity contribution in [3.63, 3.8) is 0 Å². The Hall–Kier alpha value is -1.81. The van der Waals surface area contributed by atoms with Gasteiger partial charge in [0.2, 0.25) is 0 Å². The number of phosphoric acid groups is 1. The number of ether oxygens (including phenoxy) is 2. The fourth-order valence-electron chi connectivity index (χ4n) is 2.81. The van der Waals surface area contributed by atoms with Crippen LogP contribution in [0.1, 0.15) is 78.1 Å². The van der Waals surface area contributed by atoms with E-state index in [0.29, 0.717) is 12.8 Å². The van der Waals surface area contributed by atoms with E-state index in [1.807, 2.05) is 6.92 Å². The molecule has 3 atom stereocenters. The summed E-state index contributed by atoms with van der Waals surface area (Å²) in [5.74, 6) is -1.03. The van der Waals surface area contributed by atoms with Crippen LogP contribution in [0, 0.1) is 0 Å². The van der Waals surface area contributed by atoms with Crippen LogP contribution in [-0.2, 0) is 32.7 Å². The average molecular weight is 549 g/mol. The van der Waals surface area contributed by atoms with Gasteiger partial charge in [-0.15, -0.1) is 0 Å². The first-order chi connectivity index (χ1) is 17.7. The van der Waals surface area contributed by atoms with Crippen molar-refractivity contribution in [3.8, 4) is 0 Å². The van der Waals surface area contributed by atoms with E-state index in [1.165, 1.54) is 0 Å². The van der Waals surface area contributed by atoms with Gasteiger partial charge in [0.25, 0.3) is 0 Å². The minimum Gasteiger partial charge on any atom is -0.462 e. The van der Waals surface area contributed by atoms with Crippen molar-refractivity contribution in [2.45, 2.75) is 90.3 Å². The molecular weight excluding hydrogens is 503 g/mol. The van der Waals surface area contributed by atoms with Crippen molar-refractivity contribution in [1.82, 2.24) is 0 Å². The topological polar surface area (TPSA) is 149 Å². The van der Waals surface area contributed by atoms with Crippen molar-refractivity contribution >= 4 is 19.8 Å². The van der Waals surface area contributed by atoms with E-state index in [4.69, 9.17) is 19.1 Å². The number of esters is 2. The number of aliphatic hydroxyl groups excluding tert-OH is 2. The van der Waals surface area contributed by atoms with E-state index in [-0.39, 0.29) is 19.4 Å². The minimum absolute atomic E-state index is 0.146. The van der Waals surface area contributed by atoms with Gasteiger partial charge in [-0.05, 0) is 44.9 Å². The quantitative estimate of drug-likeness (QED) is 0.0719. The summed E-state index contributed by atoms with van der Waals surface area (Å²) in [7, 11) is -4.58. The lowest BCUT2D eigenvalue weighted by atomic mass is 10.1. The summed E-state index contributed by atoms with van der Waals surface area (Å²) in [6.45, 7) is 1.75. The zero-order valence-corrected chi connectivity index (χ0v) is 23.1. The molecule has 0 amide bonds. The molecular formula is C26H45O10P. The summed E-state index contributed by atoms with van der Waals surface area (Å²) in [5, 5.41) is 18.0. The summed E-state index contributed by atoms with van der Waals surface area (Å²) in [6.07, 6.45) is 17.4. The molecule has 10 nitrogen and oxygen atoms in total. The summed E-state index contributed by atoms with van der Waals surface area (Å²) in [5.41, 5.74) is 0. The second-order valence-corrected chi connectivity index (χ2v) is 9.79. The van der Waals surface area contributed by atoms with Gasteiger partial charge in [0.15, 0.2) is 6.10 Å². The van der Waals surface area contributed by atoms with Crippen LogP contribution in [0.2, 0.25) is 0 Å². The van der Waals surface area contributed by atoms with Crippen LogP contribution >= 0.6 is 7.82 Å². The zero-order chi connectivity index (χ0) is 27.8. The second-order valence-electron chi connectivity index (χ2n) is 8.33. The lowest BCUT2D eigenvalue weighted by Gasteiger charge is -2.20. The maximum absolute atomic E-state index is 12.2. The van der Waals surface area contributed by atoms with Crippen LogP contribution in [0.5, 0.6) is 0 Å². The second kappa shape index (κ2) is 23.3. The highest BCUT2D eigenvalue weighted by molar-refractivity contribution is 7.47. The first kappa shape index (κ1) is 35.2. The number of allylic oxidation sites excluding steroid dienone is 6. The van der Waals surface area contributed by atoms with E-state index in [2.05, 4.69) is 47.9 Å². The highest BCUT2D eigenvalue weighted by Crippen LogP contribution is 2.43. The molecule has 0 spiro atoms. The molecule has 3 N–H and O–H groups in total. The molecule has 37 heavy (non-hydrogen) atoms. The highest BCUT2D eigenvalue weighted by Gasteiger charge is 2.27. The van der Waals surface area contributed by atoms with Crippen LogP contribution in [0.15, 0.2) is 36.5 Å². The Morgan fingerprint density at radius 3 is 2.14 bits per heavy atom. The van der Waals surface area contributed by atoms with E-state index in [0.717, 1.165) is 38.5 Å². The average Bonchev–Trinajstić information content (AvgIpc) is 2.87. The largest absolute Gasteiger partial charge is 0.472 e. The van der Waals surface area contributed by atoms with Crippen LogP contribution in [0.4, 0.5) is 0 Å². The zero-order valence-electron chi connectivity index (χ0n) is 22.2. The Kier molecular flexibility index (Phi) is 22.2. The van der Waals surface area contributed by atoms with E-state index in [9.17, 15) is 24.2 Å². The van der Waals surface area contributed by atoms with Crippen molar-refractivity contribution < 1.29 is 47.8 Å². The van der Waals surface area contributed by atoms with Crippen LogP contribution in [0.25, 0.3) is 0 Å². The first-order valence-corrected chi connectivity index (χ1v) is 14.4. The number of hydrogen-bond acceptors (Lipinski definition) is 9. The molecule has 0 saturated heterocycles. The molecule has 3 unspecified atom stereocenters. The van der Waals surface area contributed by atoms with Crippen molar-refractivity contribution in [3.05, 3.63) is 36.5 Å². The van der Waals surface area contributed by atoms with E-state index >= 15 is 0 Å². The van der Waals surface area contributed by atoms with Crippen LogP contribution in [0.3, 0.4) is 0 Å². The molecule has 0 bridgehead atoms. The molecule has 0 aromatic heterocycles. The van der Waals surface area contributed by atoms with Crippen molar-refractivity contribution in [2.75, 3.05) is 26.4 Å². The highest BCUT2D eigenvalue weighted by atomic mass is 31.2. The molecule has 11 heteroatoms. The summed E-state index contributed by atoms with van der Waals surface area (Å²) >= 11 is 0. The maximum atomic E-state index is 12.2. The van der Waals surface area contributed by atoms with Gasteiger partial charge < -0.3 is 24.6 Å². The third-order valence-electron chi connectivity index (χ3n) is 4.78. The molecule has 0 aliphatic heterocycles. The van der Waals surface area contributed by atoms with Gasteiger partial charge in [-0.2, -0.15) is 0 Å². The van der Waals surface area contributed by atoms with E-state index in [1.54, 1.807) is 0 Å². The molecule has 0 heterocycles. The number of carbonyl (C=O) groups excluding carboxylic acids is 2. The predicted molar refractivity (Wildman–Crippen MR) is 141 cm³/mol. The fraction of sp³-hybridized carbons (Fsp3) is 0.692. The Morgan fingerprint density at radius 2 is 1.49 bits per heavy atom. The van der Waals surface area contributed by atoms with Gasteiger partial charge in [-0.25, -0.2) is 4.57 Å². The predicted octanol–water partition coefficient (Wildman–Crippen LogP) is 4.54. The third kappa shape index (κ3) is 23.1. The molecule has 214 valence electrons. The van der Waals surface area contributed by atoms with Gasteiger partial charge in [0.1, 0.15) is 12.7 Å².